The topological polar surface area (TPSA) is 282 Å². The van der Waals surface area contributed by atoms with E-state index >= 15 is 0 Å². The molecule has 57 heavy (non-hydrogen) atoms. The number of hydrogen-bond donors (Lipinski definition) is 11. The van der Waals surface area contributed by atoms with Crippen molar-refractivity contribution in [2.75, 3.05) is 12.4 Å². The maximum atomic E-state index is 13.9. The van der Waals surface area contributed by atoms with Crippen molar-refractivity contribution in [3.05, 3.63) is 108 Å². The SMILES string of the molecule is N[C@@H](Cc1ccccc1)C(=O)N[C@@H](CO)C(=O)N[C@@H](Cc1ccccc1)C(=O)N[C@@H](CC(=O)O)C(=O)N[C@@H](Cc1c[nH]c2ccccc12)C(=O)N[C@@H](CS)C(=O)O. The predicted octanol–water partition coefficient (Wildman–Crippen LogP) is -0.571. The number of aliphatic hydroxyl groups excluding tert-OH is 1. The molecule has 302 valence electrons. The summed E-state index contributed by atoms with van der Waals surface area (Å²) < 4.78 is 0. The zero-order valence-corrected chi connectivity index (χ0v) is 31.5. The van der Waals surface area contributed by atoms with E-state index in [9.17, 15) is 48.9 Å². The number of amides is 5. The summed E-state index contributed by atoms with van der Waals surface area (Å²) in [5.74, 6) is -7.87. The average molecular weight is 804 g/mol. The van der Waals surface area contributed by atoms with Crippen molar-refractivity contribution in [2.45, 2.75) is 61.9 Å². The van der Waals surface area contributed by atoms with Gasteiger partial charge in [0, 0.05) is 35.7 Å². The van der Waals surface area contributed by atoms with Crippen molar-refractivity contribution in [3.8, 4) is 0 Å². The molecule has 0 saturated carbocycles. The maximum absolute atomic E-state index is 13.9. The fourth-order valence-electron chi connectivity index (χ4n) is 5.88. The Bertz CT molecular complexity index is 2030. The van der Waals surface area contributed by atoms with Crippen LogP contribution < -0.4 is 32.3 Å². The minimum atomic E-state index is -1.80. The summed E-state index contributed by atoms with van der Waals surface area (Å²) in [5, 5.41) is 42.0. The Kier molecular flexibility index (Phi) is 16.1. The predicted molar refractivity (Wildman–Crippen MR) is 211 cm³/mol. The second kappa shape index (κ2) is 21.2. The number of aromatic nitrogens is 1. The van der Waals surface area contributed by atoms with Gasteiger partial charge in [-0.1, -0.05) is 78.9 Å². The van der Waals surface area contributed by atoms with Gasteiger partial charge in [-0.3, -0.25) is 28.8 Å². The van der Waals surface area contributed by atoms with Crippen molar-refractivity contribution < 1.29 is 48.9 Å². The number of carbonyl (C=O) groups is 7. The first-order chi connectivity index (χ1) is 27.3. The van der Waals surface area contributed by atoms with Gasteiger partial charge in [0.25, 0.3) is 0 Å². The number of H-pyrrole nitrogens is 1. The molecule has 0 aliphatic carbocycles. The Morgan fingerprint density at radius 2 is 1.07 bits per heavy atom. The van der Waals surface area contributed by atoms with Crippen molar-refractivity contribution in [1.29, 1.82) is 0 Å². The first kappa shape index (κ1) is 43.5. The van der Waals surface area contributed by atoms with Crippen LogP contribution in [0, 0.1) is 0 Å². The van der Waals surface area contributed by atoms with E-state index in [1.165, 1.54) is 0 Å². The van der Waals surface area contributed by atoms with E-state index in [4.69, 9.17) is 5.73 Å². The average Bonchev–Trinajstić information content (AvgIpc) is 3.60. The van der Waals surface area contributed by atoms with Gasteiger partial charge in [0.2, 0.25) is 29.5 Å². The number of benzene rings is 3. The highest BCUT2D eigenvalue weighted by Crippen LogP contribution is 2.19. The molecule has 18 heteroatoms. The number of aliphatic hydroxyl groups is 1. The van der Waals surface area contributed by atoms with Crippen LogP contribution >= 0.6 is 12.6 Å². The molecule has 1 aromatic heterocycles. The molecule has 11 N–H and O–H groups in total. The Morgan fingerprint density at radius 3 is 1.63 bits per heavy atom. The van der Waals surface area contributed by atoms with Gasteiger partial charge >= 0.3 is 11.9 Å². The van der Waals surface area contributed by atoms with Crippen LogP contribution in [0.3, 0.4) is 0 Å². The molecule has 0 aliphatic heterocycles. The van der Waals surface area contributed by atoms with E-state index in [2.05, 4.69) is 44.2 Å². The van der Waals surface area contributed by atoms with Crippen LogP contribution in [-0.2, 0) is 52.8 Å². The molecule has 1 heterocycles. The molecule has 0 fully saturated rings. The third-order valence-corrected chi connectivity index (χ3v) is 9.27. The summed E-state index contributed by atoms with van der Waals surface area (Å²) in [4.78, 5) is 94.2. The van der Waals surface area contributed by atoms with Crippen molar-refractivity contribution in [2.24, 2.45) is 5.73 Å². The van der Waals surface area contributed by atoms with Crippen molar-refractivity contribution in [1.82, 2.24) is 31.6 Å². The van der Waals surface area contributed by atoms with Gasteiger partial charge in [0.1, 0.15) is 30.2 Å². The summed E-state index contributed by atoms with van der Waals surface area (Å²) in [6.07, 6.45) is 0.471. The number of rotatable bonds is 21. The Labute approximate surface area is 332 Å². The van der Waals surface area contributed by atoms with Crippen LogP contribution in [0.15, 0.2) is 91.1 Å². The lowest BCUT2D eigenvalue weighted by molar-refractivity contribution is -0.143. The summed E-state index contributed by atoms with van der Waals surface area (Å²) in [6.45, 7) is -0.866. The van der Waals surface area contributed by atoms with E-state index in [1.807, 2.05) is 0 Å². The van der Waals surface area contributed by atoms with Gasteiger partial charge < -0.3 is 52.6 Å². The normalized spacial score (nSPS) is 14.2. The Balaban J connectivity index is 1.55. The highest BCUT2D eigenvalue weighted by Gasteiger charge is 2.34. The molecule has 3 aromatic carbocycles. The summed E-state index contributed by atoms with van der Waals surface area (Å²) in [6, 6.07) is 15.6. The number of thiol groups is 1. The molecule has 17 nitrogen and oxygen atoms in total. The van der Waals surface area contributed by atoms with Crippen LogP contribution in [0.2, 0.25) is 0 Å². The zero-order valence-electron chi connectivity index (χ0n) is 30.6. The molecule has 4 aromatic rings. The number of carboxylic acids is 2. The zero-order chi connectivity index (χ0) is 41.5. The fraction of sp³-hybridized carbons (Fsp3) is 0.308. The minimum Gasteiger partial charge on any atom is -0.481 e. The van der Waals surface area contributed by atoms with E-state index < -0.39 is 90.8 Å². The fourth-order valence-corrected chi connectivity index (χ4v) is 6.13. The monoisotopic (exact) mass is 803 g/mol. The summed E-state index contributed by atoms with van der Waals surface area (Å²) in [7, 11) is 0. The number of carboxylic acid groups (broad SMARTS) is 2. The Hall–Kier alpha value is -6.24. The minimum absolute atomic E-state index is 0.137. The molecule has 0 bridgehead atoms. The molecule has 0 saturated heterocycles. The largest absolute Gasteiger partial charge is 0.481 e. The second-order valence-electron chi connectivity index (χ2n) is 13.2. The van der Waals surface area contributed by atoms with Crippen LogP contribution in [0.5, 0.6) is 0 Å². The number of para-hydroxylation sites is 1. The van der Waals surface area contributed by atoms with Crippen LogP contribution in [-0.4, -0.2) is 110 Å². The number of fused-ring (bicyclic) bond motifs is 1. The van der Waals surface area contributed by atoms with E-state index in [1.54, 1.807) is 91.1 Å². The third-order valence-electron chi connectivity index (χ3n) is 8.91. The molecular weight excluding hydrogens is 759 g/mol. The van der Waals surface area contributed by atoms with E-state index in [-0.39, 0.29) is 25.0 Å². The molecule has 0 radical (unpaired) electrons. The molecule has 0 spiro atoms. The number of hydrogen-bond acceptors (Lipinski definition) is 10. The van der Waals surface area contributed by atoms with Gasteiger partial charge in [-0.05, 0) is 29.2 Å². The molecule has 0 unspecified atom stereocenters. The van der Waals surface area contributed by atoms with Crippen LogP contribution in [0.4, 0.5) is 0 Å². The Morgan fingerprint density at radius 1 is 0.596 bits per heavy atom. The highest BCUT2D eigenvalue weighted by atomic mass is 32.1. The second-order valence-corrected chi connectivity index (χ2v) is 13.5. The number of aromatic amines is 1. The molecular formula is C39H45N7O10S. The highest BCUT2D eigenvalue weighted by molar-refractivity contribution is 7.80. The van der Waals surface area contributed by atoms with Gasteiger partial charge in [-0.2, -0.15) is 12.6 Å². The summed E-state index contributed by atoms with van der Waals surface area (Å²) >= 11 is 3.98. The third kappa shape index (κ3) is 12.9. The number of nitrogens with two attached hydrogens (primary N) is 1. The van der Waals surface area contributed by atoms with Gasteiger partial charge in [0.05, 0.1) is 19.1 Å². The first-order valence-corrected chi connectivity index (χ1v) is 18.5. The van der Waals surface area contributed by atoms with Crippen LogP contribution in [0.1, 0.15) is 23.1 Å². The molecule has 6 atom stereocenters. The smallest absolute Gasteiger partial charge is 0.327 e. The molecule has 5 amide bonds. The van der Waals surface area contributed by atoms with Gasteiger partial charge in [0.15, 0.2) is 0 Å². The summed E-state index contributed by atoms with van der Waals surface area (Å²) in [5.41, 5.74) is 8.66. The standard InChI is InChI=1S/C39H45N7O10S/c40-26(15-22-9-3-1-4-10-22)34(50)45-31(20-47)38(54)42-28(16-23-11-5-2-6-12-23)35(51)44-30(18-33(48)49)37(53)43-29(36(52)46-32(21-57)39(55)56)17-24-19-41-27-14-8-7-13-25(24)27/h1-14,19,26,28-32,41,47,57H,15-18,20-21,40H2,(H,42,54)(H,43,53)(H,44,51)(H,45,50)(H,46,52)(H,48,49)(H,55,56)/t26-,28-,29-,30-,31-,32-/m0/s1. The van der Waals surface area contributed by atoms with Crippen molar-refractivity contribution >= 4 is 65.0 Å². The van der Waals surface area contributed by atoms with Gasteiger partial charge in [-0.15, -0.1) is 0 Å². The van der Waals surface area contributed by atoms with E-state index in [0.717, 1.165) is 11.1 Å². The maximum Gasteiger partial charge on any atom is 0.327 e. The lowest BCUT2D eigenvalue weighted by Gasteiger charge is -2.26. The first-order valence-electron chi connectivity index (χ1n) is 17.9. The number of aliphatic carboxylic acids is 2. The lowest BCUT2D eigenvalue weighted by Crippen LogP contribution is -2.60. The molecule has 4 rings (SSSR count). The lowest BCUT2D eigenvalue weighted by atomic mass is 10.0. The number of nitrogens with one attached hydrogen (secondary N) is 6. The quantitative estimate of drug-likeness (QED) is 0.0475. The molecule has 0 aliphatic rings. The van der Waals surface area contributed by atoms with Gasteiger partial charge in [-0.25, -0.2) is 4.79 Å². The van der Waals surface area contributed by atoms with Crippen molar-refractivity contribution in [3.63, 3.8) is 0 Å². The van der Waals surface area contributed by atoms with Crippen LogP contribution in [0.25, 0.3) is 10.9 Å². The van der Waals surface area contributed by atoms with E-state index in [0.29, 0.717) is 16.5 Å². The number of carbonyl (C=O) groups excluding carboxylic acids is 5.